The summed E-state index contributed by atoms with van der Waals surface area (Å²) in [5, 5.41) is 0. The summed E-state index contributed by atoms with van der Waals surface area (Å²) in [5.41, 5.74) is 0. The minimum absolute atomic E-state index is 0.621. The van der Waals surface area contributed by atoms with Gasteiger partial charge >= 0.3 is 0 Å². The second kappa shape index (κ2) is 22.7. The molecule has 2 heteroatoms. The van der Waals surface area contributed by atoms with E-state index >= 15 is 0 Å². The van der Waals surface area contributed by atoms with Crippen LogP contribution in [0.4, 0.5) is 0 Å². The highest BCUT2D eigenvalue weighted by atomic mass is 15.1. The van der Waals surface area contributed by atoms with E-state index in [4.69, 9.17) is 0 Å². The van der Waals surface area contributed by atoms with Crippen LogP contribution in [-0.2, 0) is 0 Å². The number of nitrogens with zero attached hydrogens (tertiary/aromatic N) is 1. The van der Waals surface area contributed by atoms with Crippen LogP contribution in [0.25, 0.3) is 0 Å². The van der Waals surface area contributed by atoms with Gasteiger partial charge in [-0.25, -0.2) is 9.55 Å². The molecule has 2 unspecified atom stereocenters. The molecular weight excluding hydrogens is 412 g/mol. The van der Waals surface area contributed by atoms with Crippen molar-refractivity contribution in [3.63, 3.8) is 0 Å². The Morgan fingerprint density at radius 3 is 1.41 bits per heavy atom. The Morgan fingerprint density at radius 2 is 0.971 bits per heavy atom. The number of hydrogen-bond donors (Lipinski definition) is 1. The van der Waals surface area contributed by atoms with Gasteiger partial charge in [-0.3, -0.25) is 0 Å². The van der Waals surface area contributed by atoms with E-state index < -0.39 is 0 Å². The highest BCUT2D eigenvalue weighted by molar-refractivity contribution is 4.90. The van der Waals surface area contributed by atoms with Crippen molar-refractivity contribution >= 4 is 0 Å². The summed E-state index contributed by atoms with van der Waals surface area (Å²) in [5.74, 6) is 2.23. The smallest absolute Gasteiger partial charge is 0.247 e. The van der Waals surface area contributed by atoms with Crippen molar-refractivity contribution in [2.45, 2.75) is 187 Å². The molecular formula is C32H63N2+. The number of aromatic amines is 1. The summed E-state index contributed by atoms with van der Waals surface area (Å²) in [4.78, 5) is 3.67. The Hall–Kier alpha value is -0.790. The Balaban J connectivity index is 2.32. The molecule has 0 saturated carbocycles. The summed E-state index contributed by atoms with van der Waals surface area (Å²) in [6.07, 6.45) is 36.9. The molecule has 1 aromatic heterocycles. The molecule has 0 amide bonds. The van der Waals surface area contributed by atoms with Crippen LogP contribution < -0.4 is 4.57 Å². The van der Waals surface area contributed by atoms with Gasteiger partial charge in [0.1, 0.15) is 12.4 Å². The molecule has 0 aromatic carbocycles. The molecule has 0 bridgehead atoms. The molecule has 0 saturated heterocycles. The first kappa shape index (κ1) is 31.2. The van der Waals surface area contributed by atoms with E-state index in [1.807, 2.05) is 0 Å². The van der Waals surface area contributed by atoms with E-state index in [1.165, 1.54) is 154 Å². The summed E-state index contributed by atoms with van der Waals surface area (Å²) in [6.45, 7) is 9.34. The van der Waals surface area contributed by atoms with Gasteiger partial charge < -0.3 is 0 Å². The fourth-order valence-corrected chi connectivity index (χ4v) is 5.53. The third-order valence-corrected chi connectivity index (χ3v) is 7.89. The van der Waals surface area contributed by atoms with Crippen LogP contribution in [0, 0.1) is 0 Å². The second-order valence-electron chi connectivity index (χ2n) is 11.2. The van der Waals surface area contributed by atoms with Crippen LogP contribution in [0.5, 0.6) is 0 Å². The topological polar surface area (TPSA) is 19.7 Å². The van der Waals surface area contributed by atoms with Gasteiger partial charge in [0, 0.05) is 0 Å². The van der Waals surface area contributed by atoms with Gasteiger partial charge in [-0.2, -0.15) is 0 Å². The maximum absolute atomic E-state index is 3.67. The predicted octanol–water partition coefficient (Wildman–Crippen LogP) is 11.0. The number of rotatable bonds is 25. The molecule has 0 fully saturated rings. The molecule has 1 heterocycles. The molecule has 2 atom stereocenters. The average Bonchev–Trinajstić information content (AvgIpc) is 3.34. The van der Waals surface area contributed by atoms with E-state index in [1.54, 1.807) is 0 Å². The van der Waals surface area contributed by atoms with Crippen molar-refractivity contribution in [2.24, 2.45) is 0 Å². The van der Waals surface area contributed by atoms with E-state index in [0.29, 0.717) is 12.0 Å². The first-order valence-electron chi connectivity index (χ1n) is 15.8. The maximum atomic E-state index is 3.67. The van der Waals surface area contributed by atoms with Gasteiger partial charge in [-0.15, -0.1) is 0 Å². The van der Waals surface area contributed by atoms with Crippen molar-refractivity contribution in [2.75, 3.05) is 0 Å². The number of hydrogen-bond acceptors (Lipinski definition) is 0. The summed E-state index contributed by atoms with van der Waals surface area (Å²) in [7, 11) is 0. The normalized spacial score (nSPS) is 13.4. The number of H-pyrrole nitrogens is 1. The van der Waals surface area contributed by atoms with Crippen molar-refractivity contribution in [3.05, 3.63) is 18.2 Å². The molecule has 34 heavy (non-hydrogen) atoms. The van der Waals surface area contributed by atoms with Crippen molar-refractivity contribution < 1.29 is 4.57 Å². The fraction of sp³-hybridized carbons (Fsp3) is 0.906. The first-order valence-corrected chi connectivity index (χ1v) is 15.8. The maximum Gasteiger partial charge on any atom is 0.257 e. The van der Waals surface area contributed by atoms with E-state index in [-0.39, 0.29) is 0 Å². The zero-order chi connectivity index (χ0) is 24.7. The van der Waals surface area contributed by atoms with Crippen LogP contribution in [0.15, 0.2) is 12.4 Å². The van der Waals surface area contributed by atoms with Crippen molar-refractivity contribution in [1.82, 2.24) is 4.98 Å². The highest BCUT2D eigenvalue weighted by Gasteiger charge is 2.25. The Morgan fingerprint density at radius 1 is 0.559 bits per heavy atom. The molecule has 0 radical (unpaired) electrons. The lowest BCUT2D eigenvalue weighted by Gasteiger charge is -2.17. The Labute approximate surface area is 215 Å². The number of aromatic nitrogens is 2. The summed E-state index contributed by atoms with van der Waals surface area (Å²) >= 11 is 0. The molecule has 1 aromatic rings. The first-order chi connectivity index (χ1) is 16.7. The minimum Gasteiger partial charge on any atom is -0.247 e. The summed E-state index contributed by atoms with van der Waals surface area (Å²) < 4.78 is 2.58. The number of nitrogens with one attached hydrogen (secondary N) is 1. The van der Waals surface area contributed by atoms with Gasteiger partial charge in [-0.05, 0) is 32.6 Å². The quantitative estimate of drug-likeness (QED) is 0.107. The molecule has 0 spiro atoms. The van der Waals surface area contributed by atoms with Crippen molar-refractivity contribution in [1.29, 1.82) is 0 Å². The van der Waals surface area contributed by atoms with Gasteiger partial charge in [-0.1, -0.05) is 143 Å². The lowest BCUT2D eigenvalue weighted by Crippen LogP contribution is -2.41. The van der Waals surface area contributed by atoms with E-state index in [9.17, 15) is 0 Å². The third kappa shape index (κ3) is 15.3. The molecule has 0 aliphatic carbocycles. The fourth-order valence-electron chi connectivity index (χ4n) is 5.53. The predicted molar refractivity (Wildman–Crippen MR) is 152 cm³/mol. The standard InChI is InChI=1S/C32H62N2/c1-5-8-11-13-14-15-16-17-18-19-20-22-24-27-31(26-23-21-12-9-6-2)32-33-28-29-34(32)30(4)25-10-7-3/h28-31H,5-27H2,1-4H3/p+1. The van der Waals surface area contributed by atoms with E-state index in [2.05, 4.69) is 49.6 Å². The minimum atomic E-state index is 0.621. The molecule has 200 valence electrons. The molecule has 1 N–H and O–H groups in total. The van der Waals surface area contributed by atoms with Gasteiger partial charge in [0.05, 0.1) is 12.0 Å². The Bertz CT molecular complexity index is 535. The highest BCUT2D eigenvalue weighted by Crippen LogP contribution is 2.27. The van der Waals surface area contributed by atoms with Gasteiger partial charge in [0.15, 0.2) is 0 Å². The molecule has 2 nitrogen and oxygen atoms in total. The monoisotopic (exact) mass is 475 g/mol. The molecule has 1 rings (SSSR count). The van der Waals surface area contributed by atoms with Crippen LogP contribution in [-0.4, -0.2) is 4.98 Å². The molecule has 0 aliphatic heterocycles. The number of unbranched alkanes of at least 4 members (excludes halogenated alkanes) is 17. The van der Waals surface area contributed by atoms with Crippen LogP contribution in [0.2, 0.25) is 0 Å². The third-order valence-electron chi connectivity index (χ3n) is 7.89. The van der Waals surface area contributed by atoms with Gasteiger partial charge in [0.25, 0.3) is 5.82 Å². The largest absolute Gasteiger partial charge is 0.257 e. The van der Waals surface area contributed by atoms with Crippen molar-refractivity contribution in [3.8, 4) is 0 Å². The van der Waals surface area contributed by atoms with Crippen LogP contribution >= 0.6 is 0 Å². The number of imidazole rings is 1. The lowest BCUT2D eigenvalue weighted by atomic mass is 9.93. The van der Waals surface area contributed by atoms with Gasteiger partial charge in [0.2, 0.25) is 0 Å². The van der Waals surface area contributed by atoms with Crippen LogP contribution in [0.3, 0.4) is 0 Å². The average molecular weight is 476 g/mol. The van der Waals surface area contributed by atoms with E-state index in [0.717, 1.165) is 0 Å². The SMILES string of the molecule is CCCCCCCCCCCCCCCC(CCCCCCC)c1[nH]cc[n+]1C(C)CCCC. The lowest BCUT2D eigenvalue weighted by molar-refractivity contribution is -0.727. The molecule has 0 aliphatic rings. The zero-order valence-corrected chi connectivity index (χ0v) is 24.0. The van der Waals surface area contributed by atoms with Crippen LogP contribution in [0.1, 0.15) is 193 Å². The summed E-state index contributed by atoms with van der Waals surface area (Å²) in [6, 6.07) is 0.621. The second-order valence-corrected chi connectivity index (χ2v) is 11.2. The Kier molecular flexibility index (Phi) is 20.8. The zero-order valence-electron chi connectivity index (χ0n) is 24.0.